The molecule has 0 unspecified atom stereocenters. The fourth-order valence-electron chi connectivity index (χ4n) is 6.62. The lowest BCUT2D eigenvalue weighted by molar-refractivity contribution is 0.616. The Hall–Kier alpha value is -7.24. The van der Waals surface area contributed by atoms with E-state index in [1.54, 1.807) is 26.3 Å². The van der Waals surface area contributed by atoms with Gasteiger partial charge >= 0.3 is 0 Å². The van der Waals surface area contributed by atoms with Crippen LogP contribution in [0.4, 0.5) is 0 Å². The minimum atomic E-state index is -0.274. The Balaban J connectivity index is 0.000000196. The molecule has 2 atom stereocenters. The summed E-state index contributed by atoms with van der Waals surface area (Å²) in [6.07, 6.45) is 7.07. The predicted octanol–water partition coefficient (Wildman–Crippen LogP) is 6.56. The van der Waals surface area contributed by atoms with E-state index in [0.29, 0.717) is 27.6 Å². The number of hydrogen-bond donors (Lipinski definition) is 2. The molecule has 2 radical (unpaired) electrons. The third-order valence-electron chi connectivity index (χ3n) is 9.11. The van der Waals surface area contributed by atoms with Crippen LogP contribution >= 0.6 is 0 Å². The van der Waals surface area contributed by atoms with Gasteiger partial charge in [-0.1, -0.05) is 79.3 Å². The Kier molecular flexibility index (Phi) is 11.8. The summed E-state index contributed by atoms with van der Waals surface area (Å²) in [6, 6.07) is 24.8. The number of aryl methyl sites for hydroxylation is 2. The van der Waals surface area contributed by atoms with Gasteiger partial charge in [0.1, 0.15) is 0 Å². The highest BCUT2D eigenvalue weighted by atomic mass is 16.1. The normalized spacial score (nSPS) is 11.6. The van der Waals surface area contributed by atoms with E-state index >= 15 is 0 Å². The Morgan fingerprint density at radius 2 is 1.14 bits per heavy atom. The molecule has 7 rings (SSSR count). The molecule has 0 saturated carbocycles. The maximum atomic E-state index is 13.8. The van der Waals surface area contributed by atoms with Gasteiger partial charge in [-0.25, -0.2) is 0 Å². The van der Waals surface area contributed by atoms with E-state index in [-0.39, 0.29) is 23.2 Å². The zero-order valence-corrected chi connectivity index (χ0v) is 33.0. The van der Waals surface area contributed by atoms with Crippen molar-refractivity contribution < 1.29 is 0 Å². The van der Waals surface area contributed by atoms with Crippen molar-refractivity contribution in [1.29, 1.82) is 0 Å². The molecule has 7 aromatic rings. The molecule has 11 heteroatoms. The molecular weight excluding hydrogens is 707 g/mol. The van der Waals surface area contributed by atoms with E-state index in [1.165, 1.54) is 4.48 Å². The van der Waals surface area contributed by atoms with Gasteiger partial charge in [-0.2, -0.15) is 10.2 Å². The topological polar surface area (TPSA) is 104 Å². The van der Waals surface area contributed by atoms with Crippen LogP contribution in [0.3, 0.4) is 0 Å². The Morgan fingerprint density at radius 1 is 0.667 bits per heavy atom. The number of nitrogens with one attached hydrogen (secondary N) is 2. The third-order valence-corrected chi connectivity index (χ3v) is 9.11. The molecule has 0 saturated heterocycles. The number of allylic oxidation sites excluding steroid dienone is 2. The van der Waals surface area contributed by atoms with Gasteiger partial charge in [0, 0.05) is 66.1 Å². The van der Waals surface area contributed by atoms with Crippen LogP contribution in [0.15, 0.2) is 138 Å². The minimum absolute atomic E-state index is 0.0925. The van der Waals surface area contributed by atoms with Gasteiger partial charge in [0.2, 0.25) is 13.5 Å². The number of para-hydroxylation sites is 1. The smallest absolute Gasteiger partial charge is 0.264 e. The second kappa shape index (κ2) is 17.1. The molecule has 0 spiro atoms. The van der Waals surface area contributed by atoms with E-state index in [9.17, 15) is 9.59 Å². The first-order chi connectivity index (χ1) is 27.3. The first-order valence-electron chi connectivity index (χ1n) is 18.3. The van der Waals surface area contributed by atoms with Crippen molar-refractivity contribution in [3.05, 3.63) is 183 Å². The maximum Gasteiger partial charge on any atom is 0.264 e. The highest BCUT2D eigenvalue weighted by molar-refractivity contribution is 6.08. The van der Waals surface area contributed by atoms with Crippen molar-refractivity contribution in [3.8, 4) is 29.4 Å². The molecule has 0 bridgehead atoms. The van der Waals surface area contributed by atoms with Crippen LogP contribution in [0.1, 0.15) is 73.4 Å². The summed E-state index contributed by atoms with van der Waals surface area (Å²) in [6.45, 7) is 15.5. The number of benzene rings is 3. The van der Waals surface area contributed by atoms with Crippen molar-refractivity contribution in [2.75, 3.05) is 0 Å². The highest BCUT2D eigenvalue weighted by Gasteiger charge is 2.18. The lowest BCUT2D eigenvalue weighted by Crippen LogP contribution is -2.28. The van der Waals surface area contributed by atoms with E-state index in [1.807, 2.05) is 127 Å². The zero-order chi connectivity index (χ0) is 40.8. The SMILES string of the molecule is C=C(C)N[C@@H](C)c1cc2cccc(C#Cc3cnn(C)c3)c2c(=O)n1-c1ccccc1.[B]n1c([C@H](C)NC(=C)C)cc2cccc(C#Cc3cnn(C)c3)c2c1=O. The fourth-order valence-corrected chi connectivity index (χ4v) is 6.62. The quantitative estimate of drug-likeness (QED) is 0.141. The van der Waals surface area contributed by atoms with Gasteiger partial charge in [-0.05, 0) is 74.9 Å². The molecule has 10 nitrogen and oxygen atoms in total. The molecule has 4 heterocycles. The molecule has 0 fully saturated rings. The number of rotatable bonds is 7. The van der Waals surface area contributed by atoms with Crippen molar-refractivity contribution in [2.24, 2.45) is 14.1 Å². The second-order valence-electron chi connectivity index (χ2n) is 13.9. The maximum absolute atomic E-state index is 13.8. The summed E-state index contributed by atoms with van der Waals surface area (Å²) < 4.78 is 6.33. The fraction of sp³-hybridized carbons (Fsp3) is 0.174. The molecule has 2 N–H and O–H groups in total. The van der Waals surface area contributed by atoms with Crippen LogP contribution in [0.5, 0.6) is 0 Å². The monoisotopic (exact) mass is 750 g/mol. The average Bonchev–Trinajstić information content (AvgIpc) is 3.80. The summed E-state index contributed by atoms with van der Waals surface area (Å²) in [7, 11) is 9.76. The average molecular weight is 751 g/mol. The van der Waals surface area contributed by atoms with Gasteiger partial charge in [0.05, 0.1) is 46.4 Å². The Morgan fingerprint density at radius 3 is 1.61 bits per heavy atom. The summed E-state index contributed by atoms with van der Waals surface area (Å²) in [5, 5.41) is 17.5. The first-order valence-corrected chi connectivity index (χ1v) is 18.3. The van der Waals surface area contributed by atoms with Crippen LogP contribution < -0.4 is 21.8 Å². The summed E-state index contributed by atoms with van der Waals surface area (Å²) in [5.74, 6) is 12.4. The molecule has 0 aliphatic heterocycles. The number of nitrogens with zero attached hydrogens (tertiary/aromatic N) is 6. The number of pyridine rings is 2. The largest absolute Gasteiger partial charge is 0.381 e. The molecule has 3 aromatic carbocycles. The van der Waals surface area contributed by atoms with Crippen LogP contribution in [-0.4, -0.2) is 36.6 Å². The molecule has 0 amide bonds. The summed E-state index contributed by atoms with van der Waals surface area (Å²) in [4.78, 5) is 26.7. The predicted molar refractivity (Wildman–Crippen MR) is 230 cm³/mol. The molecule has 0 aliphatic carbocycles. The lowest BCUT2D eigenvalue weighted by atomic mass is 10.0. The minimum Gasteiger partial charge on any atom is -0.381 e. The summed E-state index contributed by atoms with van der Waals surface area (Å²) in [5.41, 5.74) is 6.57. The van der Waals surface area contributed by atoms with E-state index in [0.717, 1.165) is 44.7 Å². The van der Waals surface area contributed by atoms with Gasteiger partial charge in [-0.15, -0.1) is 0 Å². The molecule has 57 heavy (non-hydrogen) atoms. The zero-order valence-electron chi connectivity index (χ0n) is 33.0. The van der Waals surface area contributed by atoms with Crippen LogP contribution in [0, 0.1) is 23.7 Å². The summed E-state index contributed by atoms with van der Waals surface area (Å²) >= 11 is 0. The van der Waals surface area contributed by atoms with Crippen LogP contribution in [0.2, 0.25) is 0 Å². The molecule has 282 valence electrons. The number of hydrogen-bond acceptors (Lipinski definition) is 6. The van der Waals surface area contributed by atoms with Crippen molar-refractivity contribution >= 4 is 29.5 Å². The number of aromatic nitrogens is 6. The first kappa shape index (κ1) is 39.5. The molecular formula is C46H43BN8O2. The van der Waals surface area contributed by atoms with E-state index < -0.39 is 0 Å². The van der Waals surface area contributed by atoms with Crippen molar-refractivity contribution in [1.82, 2.24) is 39.2 Å². The second-order valence-corrected chi connectivity index (χ2v) is 13.9. The van der Waals surface area contributed by atoms with E-state index in [4.69, 9.17) is 7.98 Å². The Bertz CT molecular complexity index is 2890. The molecule has 0 aliphatic rings. The van der Waals surface area contributed by atoms with Crippen LogP contribution in [0.25, 0.3) is 27.2 Å². The highest BCUT2D eigenvalue weighted by Crippen LogP contribution is 2.24. The van der Waals surface area contributed by atoms with Gasteiger partial charge < -0.3 is 15.1 Å². The molecule has 4 aromatic heterocycles. The standard InChI is InChI=1S/C26H24N4O.C20H19BN4O/c1-18(2)28-19(3)24-15-22-10-8-9-21(14-13-20-16-27-29(4)17-20)25(22)26(31)30(24)23-11-6-5-7-12-23;1-13(2)23-14(3)18-10-17-7-5-6-16(19(17)20(26)25(18)21)9-8-15-11-22-24(4)12-15/h5-12,15-17,19,28H,1H2,2-4H3;5-7,10-12,14,23H,1H2,2-4H3/t19-;14-/m00/s1. The Labute approximate surface area is 333 Å². The number of fused-ring (bicyclic) bond motifs is 2. The van der Waals surface area contributed by atoms with Crippen molar-refractivity contribution in [2.45, 2.75) is 39.8 Å². The van der Waals surface area contributed by atoms with Gasteiger partial charge in [0.25, 0.3) is 5.56 Å². The lowest BCUT2D eigenvalue weighted by Gasteiger charge is -2.22. The third kappa shape index (κ3) is 9.02. The van der Waals surface area contributed by atoms with Crippen LogP contribution in [-0.2, 0) is 14.1 Å². The van der Waals surface area contributed by atoms with Gasteiger partial charge in [0.15, 0.2) is 0 Å². The van der Waals surface area contributed by atoms with Crippen molar-refractivity contribution in [3.63, 3.8) is 0 Å². The van der Waals surface area contributed by atoms with E-state index in [2.05, 4.69) is 63.7 Å². The van der Waals surface area contributed by atoms with Gasteiger partial charge in [-0.3, -0.25) is 23.5 Å².